The van der Waals surface area contributed by atoms with Crippen molar-refractivity contribution in [2.45, 2.75) is 20.3 Å². The topological polar surface area (TPSA) is 115 Å². The molecular weight excluding hydrogens is 406 g/mol. The average molecular weight is 427 g/mol. The van der Waals surface area contributed by atoms with Gasteiger partial charge < -0.3 is 14.8 Å². The Balaban J connectivity index is 1.30. The molecule has 0 aliphatic heterocycles. The molecule has 32 heavy (non-hydrogen) atoms. The second-order valence-corrected chi connectivity index (χ2v) is 7.47. The number of fused-ring (bicyclic) bond motifs is 1. The molecule has 4 aromatic heterocycles. The average Bonchev–Trinajstić information content (AvgIpc) is 3.52. The van der Waals surface area contributed by atoms with Gasteiger partial charge in [-0.15, -0.1) is 0 Å². The van der Waals surface area contributed by atoms with E-state index in [9.17, 15) is 4.79 Å². The highest BCUT2D eigenvalue weighted by Crippen LogP contribution is 2.21. The van der Waals surface area contributed by atoms with Gasteiger partial charge in [-0.2, -0.15) is 10.1 Å². The standard InChI is InChI=1S/C23H21N7O2/c1-14-19(22(31)25-10-8-17-12-26-20-6-4-3-5-18(17)20)13-27-30(14)21-11-16(7-9-24-21)23-28-15(2)29-32-23/h3-7,9,11-13,26H,8,10H2,1-2H3,(H,25,31). The van der Waals surface area contributed by atoms with Crippen LogP contribution in [0.15, 0.2) is 59.5 Å². The molecule has 1 aromatic carbocycles. The number of aromatic amines is 1. The predicted octanol–water partition coefficient (Wildman–Crippen LogP) is 3.39. The Labute approximate surface area is 183 Å². The maximum atomic E-state index is 12.8. The fraction of sp³-hybridized carbons (Fsp3) is 0.174. The number of para-hydroxylation sites is 1. The quantitative estimate of drug-likeness (QED) is 0.429. The highest BCUT2D eigenvalue weighted by atomic mass is 16.5. The minimum Gasteiger partial charge on any atom is -0.361 e. The van der Waals surface area contributed by atoms with Gasteiger partial charge in [-0.3, -0.25) is 4.79 Å². The summed E-state index contributed by atoms with van der Waals surface area (Å²) in [6.07, 6.45) is 5.92. The van der Waals surface area contributed by atoms with Crippen molar-refractivity contribution in [3.63, 3.8) is 0 Å². The number of nitrogens with zero attached hydrogens (tertiary/aromatic N) is 5. The molecule has 160 valence electrons. The van der Waals surface area contributed by atoms with Crippen molar-refractivity contribution in [1.29, 1.82) is 0 Å². The van der Waals surface area contributed by atoms with Crippen LogP contribution < -0.4 is 5.32 Å². The van der Waals surface area contributed by atoms with E-state index in [1.165, 1.54) is 10.9 Å². The van der Waals surface area contributed by atoms with Crippen LogP contribution in [0.4, 0.5) is 0 Å². The first-order valence-electron chi connectivity index (χ1n) is 10.2. The molecule has 0 aliphatic carbocycles. The van der Waals surface area contributed by atoms with Gasteiger partial charge in [0.2, 0.25) is 0 Å². The molecule has 0 saturated heterocycles. The molecule has 2 N–H and O–H groups in total. The molecule has 5 rings (SSSR count). The lowest BCUT2D eigenvalue weighted by Crippen LogP contribution is -2.26. The molecule has 0 aliphatic rings. The lowest BCUT2D eigenvalue weighted by molar-refractivity contribution is 0.0953. The SMILES string of the molecule is Cc1noc(-c2ccnc(-n3ncc(C(=O)NCCc4c[nH]c5ccccc45)c3C)c2)n1. The zero-order valence-electron chi connectivity index (χ0n) is 17.7. The third kappa shape index (κ3) is 3.64. The van der Waals surface area contributed by atoms with E-state index in [0.717, 1.165) is 17.5 Å². The summed E-state index contributed by atoms with van der Waals surface area (Å²) in [5.74, 6) is 1.36. The predicted molar refractivity (Wildman–Crippen MR) is 118 cm³/mol. The van der Waals surface area contributed by atoms with E-state index in [1.807, 2.05) is 31.3 Å². The van der Waals surface area contributed by atoms with Crippen LogP contribution in [-0.4, -0.2) is 42.3 Å². The van der Waals surface area contributed by atoms with Crippen LogP contribution in [0.5, 0.6) is 0 Å². The molecule has 0 fully saturated rings. The normalized spacial score (nSPS) is 11.2. The minimum absolute atomic E-state index is 0.169. The van der Waals surface area contributed by atoms with Gasteiger partial charge in [0.15, 0.2) is 11.6 Å². The molecule has 4 heterocycles. The third-order valence-electron chi connectivity index (χ3n) is 5.35. The van der Waals surface area contributed by atoms with Gasteiger partial charge >= 0.3 is 0 Å². The lowest BCUT2D eigenvalue weighted by atomic mass is 10.1. The van der Waals surface area contributed by atoms with E-state index in [4.69, 9.17) is 4.52 Å². The van der Waals surface area contributed by atoms with Crippen molar-refractivity contribution in [2.24, 2.45) is 0 Å². The van der Waals surface area contributed by atoms with Gasteiger partial charge in [0, 0.05) is 35.4 Å². The number of H-pyrrole nitrogens is 1. The summed E-state index contributed by atoms with van der Waals surface area (Å²) in [6.45, 7) is 4.12. The van der Waals surface area contributed by atoms with Crippen LogP contribution in [0.2, 0.25) is 0 Å². The Kier molecular flexibility index (Phi) is 4.98. The molecule has 0 unspecified atom stereocenters. The van der Waals surface area contributed by atoms with E-state index >= 15 is 0 Å². The van der Waals surface area contributed by atoms with Gasteiger partial charge in [-0.1, -0.05) is 23.4 Å². The molecule has 0 spiro atoms. The highest BCUT2D eigenvalue weighted by Gasteiger charge is 2.17. The molecule has 0 radical (unpaired) electrons. The number of benzene rings is 1. The first-order valence-corrected chi connectivity index (χ1v) is 10.2. The Morgan fingerprint density at radius 2 is 2.09 bits per heavy atom. The summed E-state index contributed by atoms with van der Waals surface area (Å²) in [4.78, 5) is 24.6. The molecule has 9 nitrogen and oxygen atoms in total. The summed E-state index contributed by atoms with van der Waals surface area (Å²) >= 11 is 0. The highest BCUT2D eigenvalue weighted by molar-refractivity contribution is 5.95. The van der Waals surface area contributed by atoms with Crippen LogP contribution in [0.3, 0.4) is 0 Å². The largest absolute Gasteiger partial charge is 0.361 e. The number of amides is 1. The monoisotopic (exact) mass is 427 g/mol. The zero-order chi connectivity index (χ0) is 22.1. The van der Waals surface area contributed by atoms with Gasteiger partial charge in [0.05, 0.1) is 17.5 Å². The summed E-state index contributed by atoms with van der Waals surface area (Å²) in [7, 11) is 0. The maximum Gasteiger partial charge on any atom is 0.258 e. The first-order chi connectivity index (χ1) is 15.6. The van der Waals surface area contributed by atoms with E-state index in [2.05, 4.69) is 36.6 Å². The fourth-order valence-electron chi connectivity index (χ4n) is 3.69. The van der Waals surface area contributed by atoms with Crippen LogP contribution in [-0.2, 0) is 6.42 Å². The Morgan fingerprint density at radius 1 is 1.22 bits per heavy atom. The van der Waals surface area contributed by atoms with E-state index < -0.39 is 0 Å². The number of aromatic nitrogens is 6. The second-order valence-electron chi connectivity index (χ2n) is 7.47. The van der Waals surface area contributed by atoms with Crippen molar-refractivity contribution in [2.75, 3.05) is 6.54 Å². The molecule has 1 amide bonds. The molecule has 0 atom stereocenters. The number of rotatable bonds is 6. The number of carbonyl (C=O) groups excluding carboxylic acids is 1. The number of pyridine rings is 1. The van der Waals surface area contributed by atoms with E-state index in [1.54, 1.807) is 36.1 Å². The summed E-state index contributed by atoms with van der Waals surface area (Å²) in [5, 5.41) is 12.3. The number of carbonyl (C=O) groups is 1. The van der Waals surface area contributed by atoms with Crippen LogP contribution >= 0.6 is 0 Å². The Bertz CT molecular complexity index is 1410. The van der Waals surface area contributed by atoms with Gasteiger partial charge in [0.1, 0.15) is 0 Å². The summed E-state index contributed by atoms with van der Waals surface area (Å²) < 4.78 is 6.86. The molecule has 9 heteroatoms. The van der Waals surface area contributed by atoms with Crippen LogP contribution in [0.25, 0.3) is 28.2 Å². The van der Waals surface area contributed by atoms with Gasteiger partial charge in [0.25, 0.3) is 11.8 Å². The Morgan fingerprint density at radius 3 is 2.94 bits per heavy atom. The van der Waals surface area contributed by atoms with Crippen LogP contribution in [0.1, 0.15) is 27.4 Å². The minimum atomic E-state index is -0.169. The van der Waals surface area contributed by atoms with Crippen molar-refractivity contribution in [3.05, 3.63) is 77.6 Å². The zero-order valence-corrected chi connectivity index (χ0v) is 17.7. The van der Waals surface area contributed by atoms with E-state index in [0.29, 0.717) is 35.3 Å². The van der Waals surface area contributed by atoms with Crippen molar-refractivity contribution in [1.82, 2.24) is 35.2 Å². The lowest BCUT2D eigenvalue weighted by Gasteiger charge is -2.07. The van der Waals surface area contributed by atoms with Gasteiger partial charge in [-0.05, 0) is 44.0 Å². The van der Waals surface area contributed by atoms with Crippen molar-refractivity contribution in [3.8, 4) is 17.3 Å². The number of hydrogen-bond donors (Lipinski definition) is 2. The maximum absolute atomic E-state index is 12.8. The number of aryl methyl sites for hydroxylation is 1. The third-order valence-corrected chi connectivity index (χ3v) is 5.35. The smallest absolute Gasteiger partial charge is 0.258 e. The van der Waals surface area contributed by atoms with Crippen molar-refractivity contribution >= 4 is 16.8 Å². The summed E-state index contributed by atoms with van der Waals surface area (Å²) in [6, 6.07) is 11.7. The van der Waals surface area contributed by atoms with Gasteiger partial charge in [-0.25, -0.2) is 9.67 Å². The number of nitrogens with one attached hydrogen (secondary N) is 2. The summed E-state index contributed by atoms with van der Waals surface area (Å²) in [5.41, 5.74) is 4.20. The van der Waals surface area contributed by atoms with Crippen molar-refractivity contribution < 1.29 is 9.32 Å². The van der Waals surface area contributed by atoms with Crippen LogP contribution in [0, 0.1) is 13.8 Å². The molecule has 0 saturated carbocycles. The molecule has 0 bridgehead atoms. The first kappa shape index (κ1) is 19.7. The fourth-order valence-corrected chi connectivity index (χ4v) is 3.69. The molecular formula is C23H21N7O2. The Hall–Kier alpha value is -4.27. The second kappa shape index (κ2) is 8.10. The van der Waals surface area contributed by atoms with E-state index in [-0.39, 0.29) is 5.91 Å². The number of hydrogen-bond acceptors (Lipinski definition) is 6. The molecule has 5 aromatic rings.